The number of amides is 2. The molecule has 2 aromatic rings. The fourth-order valence-corrected chi connectivity index (χ4v) is 3.74. The van der Waals surface area contributed by atoms with Crippen LogP contribution in [0.4, 0.5) is 10.1 Å². The maximum absolute atomic E-state index is 13.9. The van der Waals surface area contributed by atoms with Gasteiger partial charge in [-0.25, -0.2) is 4.39 Å². The highest BCUT2D eigenvalue weighted by atomic mass is 79.9. The summed E-state index contributed by atoms with van der Waals surface area (Å²) < 4.78 is 14.5. The van der Waals surface area contributed by atoms with E-state index in [0.29, 0.717) is 21.8 Å². The van der Waals surface area contributed by atoms with Crippen molar-refractivity contribution in [1.82, 2.24) is 4.90 Å². The van der Waals surface area contributed by atoms with Crippen molar-refractivity contribution in [2.75, 3.05) is 12.4 Å². The van der Waals surface area contributed by atoms with E-state index in [1.54, 1.807) is 30.3 Å². The van der Waals surface area contributed by atoms with E-state index in [2.05, 4.69) is 21.2 Å². The van der Waals surface area contributed by atoms with Crippen molar-refractivity contribution in [2.45, 2.75) is 38.1 Å². The summed E-state index contributed by atoms with van der Waals surface area (Å²) in [5, 5.41) is 2.66. The minimum Gasteiger partial charge on any atom is -0.339 e. The monoisotopic (exact) mass is 432 g/mol. The summed E-state index contributed by atoms with van der Waals surface area (Å²) in [4.78, 5) is 26.7. The molecule has 1 fully saturated rings. The van der Waals surface area contributed by atoms with Crippen LogP contribution < -0.4 is 5.32 Å². The molecule has 0 aromatic heterocycles. The molecule has 1 saturated carbocycles. The fraction of sp³-hybridized carbons (Fsp3) is 0.333. The van der Waals surface area contributed by atoms with Gasteiger partial charge in [-0.05, 0) is 55.3 Å². The summed E-state index contributed by atoms with van der Waals surface area (Å²) >= 11 is 3.17. The second-order valence-corrected chi connectivity index (χ2v) is 7.78. The molecule has 2 amide bonds. The highest BCUT2D eigenvalue weighted by molar-refractivity contribution is 9.10. The van der Waals surface area contributed by atoms with E-state index < -0.39 is 11.7 Å². The van der Waals surface area contributed by atoms with Gasteiger partial charge in [0, 0.05) is 28.8 Å². The molecule has 0 saturated heterocycles. The maximum atomic E-state index is 13.9. The van der Waals surface area contributed by atoms with Crippen LogP contribution in [0.1, 0.15) is 52.8 Å². The number of carbonyl (C=O) groups is 2. The first-order valence-electron chi connectivity index (χ1n) is 9.09. The zero-order valence-electron chi connectivity index (χ0n) is 15.2. The lowest BCUT2D eigenvalue weighted by Crippen LogP contribution is -2.38. The Morgan fingerprint density at radius 2 is 1.74 bits per heavy atom. The first-order chi connectivity index (χ1) is 13.0. The van der Waals surface area contributed by atoms with Crippen molar-refractivity contribution >= 4 is 33.4 Å². The van der Waals surface area contributed by atoms with Crippen LogP contribution in [0.15, 0.2) is 46.9 Å². The van der Waals surface area contributed by atoms with Gasteiger partial charge in [0.1, 0.15) is 5.82 Å². The predicted octanol–water partition coefficient (Wildman–Crippen LogP) is 5.25. The number of hydrogen-bond acceptors (Lipinski definition) is 2. The molecule has 0 spiro atoms. The van der Waals surface area contributed by atoms with Crippen molar-refractivity contribution in [3.8, 4) is 0 Å². The molecule has 1 N–H and O–H groups in total. The zero-order valence-corrected chi connectivity index (χ0v) is 16.8. The van der Waals surface area contributed by atoms with Gasteiger partial charge >= 0.3 is 0 Å². The summed E-state index contributed by atoms with van der Waals surface area (Å²) in [6, 6.07) is 11.3. The van der Waals surface area contributed by atoms with Crippen LogP contribution in [0.3, 0.4) is 0 Å². The Balaban J connectivity index is 1.66. The quantitative estimate of drug-likeness (QED) is 0.717. The lowest BCUT2D eigenvalue weighted by atomic mass is 9.94. The average molecular weight is 433 g/mol. The summed E-state index contributed by atoms with van der Waals surface area (Å²) in [5.41, 5.74) is 1.06. The van der Waals surface area contributed by atoms with Gasteiger partial charge in [-0.3, -0.25) is 9.59 Å². The topological polar surface area (TPSA) is 49.4 Å². The minimum absolute atomic E-state index is 0.0151. The standard InChI is InChI=1S/C21H22BrFN2O2/c1-25(17-5-3-2-4-6-17)21(27)14-7-10-16(11-8-14)24-20(26)18-12-9-15(22)13-19(18)23/h7-13,17H,2-6H2,1H3,(H,24,26). The van der Waals surface area contributed by atoms with Crippen molar-refractivity contribution in [3.63, 3.8) is 0 Å². The Kier molecular flexibility index (Phi) is 6.26. The molecule has 6 heteroatoms. The van der Waals surface area contributed by atoms with Gasteiger partial charge in [-0.15, -0.1) is 0 Å². The first-order valence-corrected chi connectivity index (χ1v) is 9.88. The number of nitrogens with zero attached hydrogens (tertiary/aromatic N) is 1. The van der Waals surface area contributed by atoms with Crippen LogP contribution in [0, 0.1) is 5.82 Å². The molecule has 4 nitrogen and oxygen atoms in total. The number of rotatable bonds is 4. The van der Waals surface area contributed by atoms with Crippen molar-refractivity contribution in [1.29, 1.82) is 0 Å². The first kappa shape index (κ1) is 19.5. The lowest BCUT2D eigenvalue weighted by Gasteiger charge is -2.31. The second kappa shape index (κ2) is 8.65. The number of benzene rings is 2. The average Bonchev–Trinajstić information content (AvgIpc) is 2.68. The van der Waals surface area contributed by atoms with Crippen LogP contribution in [0.25, 0.3) is 0 Å². The summed E-state index contributed by atoms with van der Waals surface area (Å²) in [6.07, 6.45) is 5.68. The fourth-order valence-electron chi connectivity index (χ4n) is 3.41. The Labute approximate surface area is 166 Å². The number of hydrogen-bond donors (Lipinski definition) is 1. The van der Waals surface area contributed by atoms with E-state index in [0.717, 1.165) is 12.8 Å². The van der Waals surface area contributed by atoms with Crippen LogP contribution in [0.2, 0.25) is 0 Å². The third-order valence-electron chi connectivity index (χ3n) is 5.01. The predicted molar refractivity (Wildman–Crippen MR) is 107 cm³/mol. The molecule has 3 rings (SSSR count). The van der Waals surface area contributed by atoms with Gasteiger partial charge < -0.3 is 10.2 Å². The smallest absolute Gasteiger partial charge is 0.258 e. The summed E-state index contributed by atoms with van der Waals surface area (Å²) in [5.74, 6) is -1.14. The van der Waals surface area contributed by atoms with E-state index in [1.807, 2.05) is 11.9 Å². The van der Waals surface area contributed by atoms with Gasteiger partial charge in [0.05, 0.1) is 5.56 Å². The highest BCUT2D eigenvalue weighted by Crippen LogP contribution is 2.23. The van der Waals surface area contributed by atoms with Crippen molar-refractivity contribution in [2.24, 2.45) is 0 Å². The van der Waals surface area contributed by atoms with E-state index in [4.69, 9.17) is 0 Å². The van der Waals surface area contributed by atoms with Crippen LogP contribution in [-0.4, -0.2) is 29.8 Å². The molecule has 1 aliphatic carbocycles. The molecule has 142 valence electrons. The molecule has 0 aliphatic heterocycles. The third kappa shape index (κ3) is 4.75. The lowest BCUT2D eigenvalue weighted by molar-refractivity contribution is 0.0696. The van der Waals surface area contributed by atoms with Crippen molar-refractivity contribution in [3.05, 3.63) is 63.9 Å². The van der Waals surface area contributed by atoms with Gasteiger partial charge in [-0.1, -0.05) is 35.2 Å². The number of nitrogens with one attached hydrogen (secondary N) is 1. The molecule has 0 bridgehead atoms. The maximum Gasteiger partial charge on any atom is 0.258 e. The van der Waals surface area contributed by atoms with E-state index in [1.165, 1.54) is 31.4 Å². The highest BCUT2D eigenvalue weighted by Gasteiger charge is 2.23. The minimum atomic E-state index is -0.595. The summed E-state index contributed by atoms with van der Waals surface area (Å²) in [7, 11) is 1.85. The van der Waals surface area contributed by atoms with E-state index >= 15 is 0 Å². The van der Waals surface area contributed by atoms with Gasteiger partial charge in [-0.2, -0.15) is 0 Å². The summed E-state index contributed by atoms with van der Waals surface area (Å²) in [6.45, 7) is 0. The van der Waals surface area contributed by atoms with Crippen molar-refractivity contribution < 1.29 is 14.0 Å². The molecule has 1 aliphatic rings. The molecule has 2 aromatic carbocycles. The molecule has 0 unspecified atom stereocenters. The van der Waals surface area contributed by atoms with Gasteiger partial charge in [0.25, 0.3) is 11.8 Å². The van der Waals surface area contributed by atoms with Crippen LogP contribution in [0.5, 0.6) is 0 Å². The molecule has 0 atom stereocenters. The number of carbonyl (C=O) groups excluding carboxylic acids is 2. The van der Waals surface area contributed by atoms with Crippen LogP contribution >= 0.6 is 15.9 Å². The van der Waals surface area contributed by atoms with Gasteiger partial charge in [0.15, 0.2) is 0 Å². The molecular weight excluding hydrogens is 411 g/mol. The van der Waals surface area contributed by atoms with Gasteiger partial charge in [0.2, 0.25) is 0 Å². The number of anilines is 1. The Morgan fingerprint density at radius 1 is 1.07 bits per heavy atom. The normalized spacial score (nSPS) is 14.6. The molecular formula is C21H22BrFN2O2. The Hall–Kier alpha value is -2.21. The molecule has 27 heavy (non-hydrogen) atoms. The molecule has 0 heterocycles. The number of halogens is 2. The van der Waals surface area contributed by atoms with Crippen LogP contribution in [-0.2, 0) is 0 Å². The second-order valence-electron chi connectivity index (χ2n) is 6.86. The Morgan fingerprint density at radius 3 is 2.37 bits per heavy atom. The zero-order chi connectivity index (χ0) is 19.4. The SMILES string of the molecule is CN(C(=O)c1ccc(NC(=O)c2ccc(Br)cc2F)cc1)C1CCCCC1. The third-order valence-corrected chi connectivity index (χ3v) is 5.50. The largest absolute Gasteiger partial charge is 0.339 e. The van der Waals surface area contributed by atoms with E-state index in [9.17, 15) is 14.0 Å². The molecule has 0 radical (unpaired) electrons. The van der Waals surface area contributed by atoms with E-state index in [-0.39, 0.29) is 11.5 Å². The Bertz CT molecular complexity index is 833.